The number of ether oxygens (including phenoxy) is 1. The number of rotatable bonds is 9. The van der Waals surface area contributed by atoms with Gasteiger partial charge in [0.05, 0.1) is 34.3 Å². The minimum Gasteiger partial charge on any atom is -0.360 e. The first kappa shape index (κ1) is 24.1. The molecule has 4 heterocycles. The number of aromatic nitrogens is 5. The van der Waals surface area contributed by atoms with E-state index in [2.05, 4.69) is 40.0 Å². The number of carbonyl (C=O) groups is 1. The van der Waals surface area contributed by atoms with Crippen molar-refractivity contribution in [1.82, 2.24) is 29.0 Å². The SMILES string of the molecule is Cc1cn2c(-c3cnn(COCC[Si](C)(C)C)c3)cnc2c(Nc2cc(C(=O)N(C)C)cs2)n1. The molecular weight excluding hydrogens is 466 g/mol. The zero-order valence-electron chi connectivity index (χ0n) is 20.5. The van der Waals surface area contributed by atoms with Gasteiger partial charge in [-0.3, -0.25) is 9.20 Å². The molecule has 0 bridgehead atoms. The average Bonchev–Trinajstić information content (AvgIpc) is 3.49. The first-order chi connectivity index (χ1) is 16.1. The summed E-state index contributed by atoms with van der Waals surface area (Å²) < 4.78 is 9.64. The van der Waals surface area contributed by atoms with Gasteiger partial charge in [0, 0.05) is 52.1 Å². The molecule has 0 aliphatic heterocycles. The molecule has 34 heavy (non-hydrogen) atoms. The number of fused-ring (bicyclic) bond motifs is 1. The normalized spacial score (nSPS) is 11.8. The molecule has 0 aliphatic rings. The van der Waals surface area contributed by atoms with E-state index in [1.165, 1.54) is 11.3 Å². The van der Waals surface area contributed by atoms with Gasteiger partial charge in [-0.1, -0.05) is 19.6 Å². The number of hydrogen-bond acceptors (Lipinski definition) is 7. The van der Waals surface area contributed by atoms with E-state index in [9.17, 15) is 4.79 Å². The van der Waals surface area contributed by atoms with Crippen molar-refractivity contribution >= 4 is 41.8 Å². The fourth-order valence-electron chi connectivity index (χ4n) is 3.40. The molecule has 4 aromatic rings. The van der Waals surface area contributed by atoms with Gasteiger partial charge in [-0.2, -0.15) is 5.10 Å². The molecule has 0 radical (unpaired) electrons. The smallest absolute Gasteiger partial charge is 0.254 e. The fraction of sp³-hybridized carbons (Fsp3) is 0.391. The molecule has 1 amide bonds. The topological polar surface area (TPSA) is 89.6 Å². The third-order valence-electron chi connectivity index (χ3n) is 5.26. The summed E-state index contributed by atoms with van der Waals surface area (Å²) in [5, 5.41) is 10.5. The molecular formula is C23H31N7O2SSi. The van der Waals surface area contributed by atoms with Gasteiger partial charge >= 0.3 is 0 Å². The van der Waals surface area contributed by atoms with Gasteiger partial charge < -0.3 is 15.0 Å². The number of carbonyl (C=O) groups excluding carboxylic acids is 1. The van der Waals surface area contributed by atoms with Crippen molar-refractivity contribution in [2.75, 3.05) is 26.0 Å². The van der Waals surface area contributed by atoms with Crippen LogP contribution in [-0.4, -0.2) is 63.7 Å². The van der Waals surface area contributed by atoms with Crippen molar-refractivity contribution in [1.29, 1.82) is 0 Å². The molecule has 4 aromatic heterocycles. The van der Waals surface area contributed by atoms with Gasteiger partial charge in [0.2, 0.25) is 0 Å². The van der Waals surface area contributed by atoms with Crippen LogP contribution in [0.2, 0.25) is 25.7 Å². The van der Waals surface area contributed by atoms with Gasteiger partial charge in [0.1, 0.15) is 6.73 Å². The van der Waals surface area contributed by atoms with Gasteiger partial charge in [-0.15, -0.1) is 11.3 Å². The molecule has 0 unspecified atom stereocenters. The number of imidazole rings is 1. The number of nitrogens with zero attached hydrogens (tertiary/aromatic N) is 6. The molecule has 0 saturated heterocycles. The van der Waals surface area contributed by atoms with Crippen molar-refractivity contribution in [2.24, 2.45) is 0 Å². The van der Waals surface area contributed by atoms with Crippen molar-refractivity contribution in [3.8, 4) is 11.3 Å². The molecule has 180 valence electrons. The molecule has 0 fully saturated rings. The second kappa shape index (κ2) is 9.69. The number of nitrogens with one attached hydrogen (secondary N) is 1. The highest BCUT2D eigenvalue weighted by Crippen LogP contribution is 2.29. The van der Waals surface area contributed by atoms with Gasteiger partial charge in [-0.25, -0.2) is 14.6 Å². The highest BCUT2D eigenvalue weighted by molar-refractivity contribution is 7.14. The maximum absolute atomic E-state index is 12.2. The predicted molar refractivity (Wildman–Crippen MR) is 139 cm³/mol. The summed E-state index contributed by atoms with van der Waals surface area (Å²) in [6.45, 7) is 10.2. The van der Waals surface area contributed by atoms with Crippen molar-refractivity contribution < 1.29 is 9.53 Å². The lowest BCUT2D eigenvalue weighted by atomic mass is 10.3. The van der Waals surface area contributed by atoms with E-state index in [4.69, 9.17) is 4.74 Å². The van der Waals surface area contributed by atoms with E-state index in [0.717, 1.165) is 34.6 Å². The first-order valence-electron chi connectivity index (χ1n) is 11.1. The van der Waals surface area contributed by atoms with Gasteiger partial charge in [0.15, 0.2) is 11.5 Å². The summed E-state index contributed by atoms with van der Waals surface area (Å²) in [5.41, 5.74) is 4.06. The number of amides is 1. The van der Waals surface area contributed by atoms with Crippen LogP contribution in [0.15, 0.2) is 36.2 Å². The molecule has 11 heteroatoms. The Bertz CT molecular complexity index is 1300. The highest BCUT2D eigenvalue weighted by atomic mass is 32.1. The van der Waals surface area contributed by atoms with Crippen LogP contribution in [0.5, 0.6) is 0 Å². The monoisotopic (exact) mass is 497 g/mol. The van der Waals surface area contributed by atoms with Crippen molar-refractivity contribution in [3.63, 3.8) is 0 Å². The zero-order valence-corrected chi connectivity index (χ0v) is 22.3. The van der Waals surface area contributed by atoms with Crippen LogP contribution in [0.3, 0.4) is 0 Å². The van der Waals surface area contributed by atoms with E-state index >= 15 is 0 Å². The zero-order chi connectivity index (χ0) is 24.5. The molecule has 0 atom stereocenters. The Morgan fingerprint density at radius 2 is 2.03 bits per heavy atom. The average molecular weight is 498 g/mol. The van der Waals surface area contributed by atoms with Crippen molar-refractivity contribution in [3.05, 3.63) is 47.5 Å². The van der Waals surface area contributed by atoms with E-state index in [1.807, 2.05) is 47.6 Å². The van der Waals surface area contributed by atoms with Crippen LogP contribution in [-0.2, 0) is 11.5 Å². The Morgan fingerprint density at radius 1 is 1.24 bits per heavy atom. The second-order valence-electron chi connectivity index (χ2n) is 9.71. The van der Waals surface area contributed by atoms with Crippen LogP contribution >= 0.6 is 11.3 Å². The van der Waals surface area contributed by atoms with Crippen molar-refractivity contribution in [2.45, 2.75) is 39.3 Å². The van der Waals surface area contributed by atoms with E-state index < -0.39 is 8.07 Å². The summed E-state index contributed by atoms with van der Waals surface area (Å²) in [7, 11) is 2.38. The lowest BCUT2D eigenvalue weighted by Gasteiger charge is -2.15. The summed E-state index contributed by atoms with van der Waals surface area (Å²) >= 11 is 1.46. The summed E-state index contributed by atoms with van der Waals surface area (Å²) in [5.74, 6) is 0.607. The number of anilines is 2. The first-order valence-corrected chi connectivity index (χ1v) is 15.7. The summed E-state index contributed by atoms with van der Waals surface area (Å²) in [6, 6.07) is 2.97. The molecule has 1 N–H and O–H groups in total. The Balaban J connectivity index is 1.53. The Morgan fingerprint density at radius 3 is 2.76 bits per heavy atom. The maximum Gasteiger partial charge on any atom is 0.254 e. The standard InChI is InChI=1S/C23H31N7O2SSi/c1-16-12-30-19(18-10-25-29(13-18)15-32-7-8-34(4,5)6)11-24-22(30)21(26-16)27-20-9-17(14-33-20)23(31)28(2)3/h9-14H,7-8,15H2,1-6H3,(H,26,27). The fourth-order valence-corrected chi connectivity index (χ4v) is 4.93. The molecule has 0 spiro atoms. The molecule has 0 aromatic carbocycles. The van der Waals surface area contributed by atoms with Gasteiger partial charge in [-0.05, 0) is 19.0 Å². The molecule has 4 rings (SSSR count). The minimum absolute atomic E-state index is 0.0313. The summed E-state index contributed by atoms with van der Waals surface area (Å²) in [4.78, 5) is 23.1. The number of thiophene rings is 1. The predicted octanol–water partition coefficient (Wildman–Crippen LogP) is 4.72. The highest BCUT2D eigenvalue weighted by Gasteiger charge is 2.16. The molecule has 0 aliphatic carbocycles. The second-order valence-corrected chi connectivity index (χ2v) is 16.2. The van der Waals surface area contributed by atoms with E-state index in [-0.39, 0.29) is 5.91 Å². The maximum atomic E-state index is 12.2. The Kier molecular flexibility index (Phi) is 6.87. The van der Waals surface area contributed by atoms with E-state index in [1.54, 1.807) is 23.7 Å². The van der Waals surface area contributed by atoms with Crippen LogP contribution in [0.1, 0.15) is 16.1 Å². The molecule has 0 saturated carbocycles. The van der Waals surface area contributed by atoms with Crippen LogP contribution in [0.25, 0.3) is 16.9 Å². The third-order valence-corrected chi connectivity index (χ3v) is 7.81. The largest absolute Gasteiger partial charge is 0.360 e. The third kappa shape index (κ3) is 5.54. The number of hydrogen-bond donors (Lipinski definition) is 1. The molecule has 9 nitrogen and oxygen atoms in total. The lowest BCUT2D eigenvalue weighted by Crippen LogP contribution is -2.22. The van der Waals surface area contributed by atoms with Crippen LogP contribution in [0, 0.1) is 6.92 Å². The lowest BCUT2D eigenvalue weighted by molar-refractivity contribution is 0.0786. The van der Waals surface area contributed by atoms with E-state index in [0.29, 0.717) is 23.8 Å². The van der Waals surface area contributed by atoms with Gasteiger partial charge in [0.25, 0.3) is 5.91 Å². The summed E-state index contributed by atoms with van der Waals surface area (Å²) in [6.07, 6.45) is 7.58. The minimum atomic E-state index is -1.11. The van der Waals surface area contributed by atoms with Crippen LogP contribution < -0.4 is 5.32 Å². The number of aryl methyl sites for hydroxylation is 1. The Hall–Kier alpha value is -3.02. The quantitative estimate of drug-likeness (QED) is 0.266. The Labute approximate surface area is 204 Å². The van der Waals surface area contributed by atoms with Crippen LogP contribution in [0.4, 0.5) is 10.8 Å².